The van der Waals surface area contributed by atoms with Crippen molar-refractivity contribution in [1.29, 1.82) is 0 Å². The molecule has 8 heteroatoms. The Balaban J connectivity index is 1.62. The molecule has 0 aliphatic heterocycles. The smallest absolute Gasteiger partial charge is 0.406 e. The lowest BCUT2D eigenvalue weighted by Gasteiger charge is -2.11. The van der Waals surface area contributed by atoms with Gasteiger partial charge < -0.3 is 15.4 Å². The minimum absolute atomic E-state index is 0.0383. The summed E-state index contributed by atoms with van der Waals surface area (Å²) in [5.41, 5.74) is 1.05. The first kappa shape index (κ1) is 17.8. The number of halogens is 3. The second-order valence-electron chi connectivity index (χ2n) is 5.87. The quantitative estimate of drug-likeness (QED) is 0.836. The van der Waals surface area contributed by atoms with E-state index in [2.05, 4.69) is 15.4 Å². The number of amides is 2. The van der Waals surface area contributed by atoms with E-state index in [1.165, 1.54) is 24.3 Å². The first-order chi connectivity index (χ1) is 12.3. The van der Waals surface area contributed by atoms with Crippen molar-refractivity contribution >= 4 is 23.2 Å². The molecule has 1 fully saturated rings. The van der Waals surface area contributed by atoms with E-state index in [9.17, 15) is 22.8 Å². The van der Waals surface area contributed by atoms with Gasteiger partial charge in [-0.05, 0) is 49.2 Å². The number of alkyl halides is 3. The van der Waals surface area contributed by atoms with E-state index < -0.39 is 18.0 Å². The van der Waals surface area contributed by atoms with Crippen molar-refractivity contribution in [3.63, 3.8) is 0 Å². The molecular weight excluding hydrogens is 349 g/mol. The van der Waals surface area contributed by atoms with Gasteiger partial charge in [-0.3, -0.25) is 9.59 Å². The summed E-state index contributed by atoms with van der Waals surface area (Å²) in [5.74, 6) is -0.879. The van der Waals surface area contributed by atoms with Crippen LogP contribution in [0.2, 0.25) is 0 Å². The topological polar surface area (TPSA) is 67.4 Å². The maximum Gasteiger partial charge on any atom is 0.573 e. The second kappa shape index (κ2) is 7.07. The van der Waals surface area contributed by atoms with Gasteiger partial charge in [0.15, 0.2) is 0 Å². The Morgan fingerprint density at radius 1 is 0.962 bits per heavy atom. The van der Waals surface area contributed by atoms with Crippen LogP contribution in [-0.2, 0) is 4.79 Å². The normalized spacial score (nSPS) is 13.8. The first-order valence-corrected chi connectivity index (χ1v) is 7.88. The van der Waals surface area contributed by atoms with Crippen LogP contribution in [0.15, 0.2) is 48.5 Å². The Morgan fingerprint density at radius 3 is 2.27 bits per heavy atom. The van der Waals surface area contributed by atoms with Crippen LogP contribution in [0, 0.1) is 5.92 Å². The monoisotopic (exact) mass is 364 g/mol. The summed E-state index contributed by atoms with van der Waals surface area (Å²) < 4.78 is 40.5. The van der Waals surface area contributed by atoms with E-state index in [1.54, 1.807) is 12.1 Å². The Labute approximate surface area is 147 Å². The van der Waals surface area contributed by atoms with Crippen LogP contribution >= 0.6 is 0 Å². The zero-order chi connectivity index (χ0) is 18.7. The molecule has 5 nitrogen and oxygen atoms in total. The number of nitrogens with one attached hydrogen (secondary N) is 2. The minimum atomic E-state index is -4.80. The van der Waals surface area contributed by atoms with Crippen molar-refractivity contribution in [3.05, 3.63) is 54.1 Å². The van der Waals surface area contributed by atoms with Crippen LogP contribution < -0.4 is 15.4 Å². The van der Waals surface area contributed by atoms with Crippen molar-refractivity contribution < 1.29 is 27.5 Å². The highest BCUT2D eigenvalue weighted by molar-refractivity contribution is 6.04. The lowest BCUT2D eigenvalue weighted by molar-refractivity contribution is -0.274. The van der Waals surface area contributed by atoms with Gasteiger partial charge in [0.05, 0.1) is 0 Å². The molecule has 26 heavy (non-hydrogen) atoms. The van der Waals surface area contributed by atoms with Crippen molar-refractivity contribution in [3.8, 4) is 5.75 Å². The molecule has 0 atom stereocenters. The van der Waals surface area contributed by atoms with Gasteiger partial charge in [0.2, 0.25) is 5.91 Å². The number of carbonyl (C=O) groups is 2. The average molecular weight is 364 g/mol. The molecule has 2 N–H and O–H groups in total. The van der Waals surface area contributed by atoms with Crippen LogP contribution in [0.3, 0.4) is 0 Å². The highest BCUT2D eigenvalue weighted by Crippen LogP contribution is 2.30. The lowest BCUT2D eigenvalue weighted by atomic mass is 10.2. The van der Waals surface area contributed by atoms with E-state index in [0.717, 1.165) is 25.0 Å². The molecular formula is C18H15F3N2O3. The number of hydrogen-bond donors (Lipinski definition) is 2. The van der Waals surface area contributed by atoms with Crippen molar-refractivity contribution in [1.82, 2.24) is 0 Å². The fraction of sp³-hybridized carbons (Fsp3) is 0.222. The summed E-state index contributed by atoms with van der Waals surface area (Å²) in [4.78, 5) is 23.9. The van der Waals surface area contributed by atoms with Crippen molar-refractivity contribution in [2.75, 3.05) is 10.6 Å². The van der Waals surface area contributed by atoms with Crippen LogP contribution in [0.5, 0.6) is 5.75 Å². The first-order valence-electron chi connectivity index (χ1n) is 7.88. The van der Waals surface area contributed by atoms with E-state index in [-0.39, 0.29) is 17.5 Å². The van der Waals surface area contributed by atoms with E-state index >= 15 is 0 Å². The number of rotatable bonds is 5. The van der Waals surface area contributed by atoms with Gasteiger partial charge in [0.1, 0.15) is 5.75 Å². The highest BCUT2D eigenvalue weighted by Gasteiger charge is 2.31. The summed E-state index contributed by atoms with van der Waals surface area (Å²) >= 11 is 0. The van der Waals surface area contributed by atoms with Gasteiger partial charge in [0, 0.05) is 28.9 Å². The van der Waals surface area contributed by atoms with Gasteiger partial charge in [0.25, 0.3) is 5.91 Å². The minimum Gasteiger partial charge on any atom is -0.406 e. The maximum atomic E-state index is 12.2. The SMILES string of the molecule is O=C(Nc1cccc(OC(F)(F)F)c1)c1ccc(NC(=O)C2CC2)cc1. The molecule has 0 unspecified atom stereocenters. The van der Waals surface area contributed by atoms with Crippen LogP contribution in [0.25, 0.3) is 0 Å². The molecule has 3 rings (SSSR count). The summed E-state index contributed by atoms with van der Waals surface area (Å²) in [6.07, 6.45) is -3.02. The number of benzene rings is 2. The number of ether oxygens (including phenoxy) is 1. The second-order valence-corrected chi connectivity index (χ2v) is 5.87. The highest BCUT2D eigenvalue weighted by atomic mass is 19.4. The molecule has 2 aromatic carbocycles. The van der Waals surface area contributed by atoms with Crippen LogP contribution in [0.1, 0.15) is 23.2 Å². The molecule has 136 valence electrons. The predicted octanol–water partition coefficient (Wildman–Crippen LogP) is 4.19. The zero-order valence-corrected chi connectivity index (χ0v) is 13.5. The van der Waals surface area contributed by atoms with Crippen molar-refractivity contribution in [2.24, 2.45) is 5.92 Å². The molecule has 1 aliphatic carbocycles. The standard InChI is InChI=1S/C18H15F3N2O3/c19-18(20,21)26-15-3-1-2-14(10-15)23-17(25)12-6-8-13(9-7-12)22-16(24)11-4-5-11/h1-3,6-11H,4-5H2,(H,22,24)(H,23,25). The fourth-order valence-corrected chi connectivity index (χ4v) is 2.27. The third-order valence-electron chi connectivity index (χ3n) is 3.69. The maximum absolute atomic E-state index is 12.2. The molecule has 0 saturated heterocycles. The predicted molar refractivity (Wildman–Crippen MR) is 88.9 cm³/mol. The van der Waals surface area contributed by atoms with Gasteiger partial charge in [-0.1, -0.05) is 6.07 Å². The number of carbonyl (C=O) groups excluding carboxylic acids is 2. The lowest BCUT2D eigenvalue weighted by Crippen LogP contribution is -2.17. The fourth-order valence-electron chi connectivity index (χ4n) is 2.27. The molecule has 0 heterocycles. The Kier molecular flexibility index (Phi) is 4.83. The Bertz CT molecular complexity index is 815. The molecule has 2 amide bonds. The van der Waals surface area contributed by atoms with Crippen molar-refractivity contribution in [2.45, 2.75) is 19.2 Å². The molecule has 0 bridgehead atoms. The molecule has 1 aliphatic rings. The number of anilines is 2. The van der Waals surface area contributed by atoms with E-state index in [0.29, 0.717) is 11.3 Å². The largest absolute Gasteiger partial charge is 0.573 e. The Hall–Kier alpha value is -3.03. The third kappa shape index (κ3) is 4.98. The Morgan fingerprint density at radius 2 is 1.65 bits per heavy atom. The summed E-state index contributed by atoms with van der Waals surface area (Å²) in [5, 5.41) is 5.25. The molecule has 0 radical (unpaired) electrons. The molecule has 2 aromatic rings. The van der Waals surface area contributed by atoms with E-state index in [4.69, 9.17) is 0 Å². The van der Waals surface area contributed by atoms with Crippen LogP contribution in [-0.4, -0.2) is 18.2 Å². The van der Waals surface area contributed by atoms with Gasteiger partial charge >= 0.3 is 6.36 Å². The third-order valence-corrected chi connectivity index (χ3v) is 3.69. The van der Waals surface area contributed by atoms with Gasteiger partial charge in [-0.15, -0.1) is 13.2 Å². The number of hydrogen-bond acceptors (Lipinski definition) is 3. The van der Waals surface area contributed by atoms with Gasteiger partial charge in [-0.2, -0.15) is 0 Å². The molecule has 1 saturated carbocycles. The van der Waals surface area contributed by atoms with E-state index in [1.807, 2.05) is 0 Å². The summed E-state index contributed by atoms with van der Waals surface area (Å²) in [7, 11) is 0. The summed E-state index contributed by atoms with van der Waals surface area (Å²) in [6, 6.07) is 11.2. The zero-order valence-electron chi connectivity index (χ0n) is 13.5. The average Bonchev–Trinajstić information content (AvgIpc) is 3.39. The molecule has 0 spiro atoms. The molecule has 0 aromatic heterocycles. The summed E-state index contributed by atoms with van der Waals surface area (Å²) in [6.45, 7) is 0. The van der Waals surface area contributed by atoms with Gasteiger partial charge in [-0.25, -0.2) is 0 Å². The van der Waals surface area contributed by atoms with Crippen LogP contribution in [0.4, 0.5) is 24.5 Å².